The molecule has 1 saturated heterocycles. The van der Waals surface area contributed by atoms with Crippen molar-refractivity contribution in [3.63, 3.8) is 0 Å². The average molecular weight is 335 g/mol. The predicted octanol–water partition coefficient (Wildman–Crippen LogP) is 4.24. The van der Waals surface area contributed by atoms with Crippen molar-refractivity contribution in [3.8, 4) is 0 Å². The molecule has 25 heavy (non-hydrogen) atoms. The Labute approximate surface area is 149 Å². The zero-order chi connectivity index (χ0) is 17.6. The summed E-state index contributed by atoms with van der Waals surface area (Å²) in [6.45, 7) is 4.01. The van der Waals surface area contributed by atoms with E-state index in [0.717, 1.165) is 25.9 Å². The molecule has 3 nitrogen and oxygen atoms in total. The lowest BCUT2D eigenvalue weighted by molar-refractivity contribution is 0.0686. The quantitative estimate of drug-likeness (QED) is 0.741. The van der Waals surface area contributed by atoms with E-state index < -0.39 is 0 Å². The minimum atomic E-state index is -0.373. The molecule has 0 amide bonds. The zero-order valence-corrected chi connectivity index (χ0v) is 14.7. The van der Waals surface area contributed by atoms with Gasteiger partial charge in [-0.3, -0.25) is 14.5 Å². The fourth-order valence-corrected chi connectivity index (χ4v) is 3.44. The maximum atomic E-state index is 13.1. The first-order valence-electron chi connectivity index (χ1n) is 9.06. The van der Waals surface area contributed by atoms with Gasteiger partial charge < -0.3 is 0 Å². The number of rotatable bonds is 6. The van der Waals surface area contributed by atoms with E-state index in [2.05, 4.69) is 11.8 Å². The summed E-state index contributed by atoms with van der Waals surface area (Å²) in [6, 6.07) is 18.2. The fourth-order valence-electron chi connectivity index (χ4n) is 3.44. The van der Waals surface area contributed by atoms with Crippen LogP contribution in [0.2, 0.25) is 0 Å². The molecule has 0 unspecified atom stereocenters. The second-order valence-electron chi connectivity index (χ2n) is 6.96. The average Bonchev–Trinajstić information content (AvgIpc) is 2.67. The van der Waals surface area contributed by atoms with Gasteiger partial charge >= 0.3 is 0 Å². The van der Waals surface area contributed by atoms with Crippen LogP contribution in [0.3, 0.4) is 0 Å². The number of piperidine rings is 1. The molecule has 0 N–H and O–H groups in total. The molecular formula is C22H25NO2. The molecular weight excluding hydrogens is 310 g/mol. The number of Topliss-reactive ketones (excluding diaryl/α,β-unsaturated/α-hetero) is 2. The van der Waals surface area contributed by atoms with Crippen LogP contribution in [0.4, 0.5) is 0 Å². The maximum absolute atomic E-state index is 13.1. The highest BCUT2D eigenvalue weighted by molar-refractivity contribution is 6.05. The minimum Gasteiger partial charge on any atom is -0.294 e. The molecule has 1 aliphatic heterocycles. The van der Waals surface area contributed by atoms with Crippen LogP contribution in [0.25, 0.3) is 0 Å². The Kier molecular flexibility index (Phi) is 5.77. The van der Waals surface area contributed by atoms with Crippen molar-refractivity contribution in [2.24, 2.45) is 5.92 Å². The second kappa shape index (κ2) is 8.21. The number of hydrogen-bond acceptors (Lipinski definition) is 3. The molecule has 3 heteroatoms. The Morgan fingerprint density at radius 2 is 1.44 bits per heavy atom. The lowest BCUT2D eigenvalue weighted by Crippen LogP contribution is -2.46. The van der Waals surface area contributed by atoms with Crippen LogP contribution in [-0.2, 0) is 0 Å². The van der Waals surface area contributed by atoms with Gasteiger partial charge in [0.1, 0.15) is 0 Å². The molecule has 0 aliphatic carbocycles. The van der Waals surface area contributed by atoms with Gasteiger partial charge in [-0.2, -0.15) is 0 Å². The van der Waals surface area contributed by atoms with Crippen LogP contribution in [0.15, 0.2) is 60.7 Å². The molecule has 0 spiro atoms. The monoisotopic (exact) mass is 335 g/mol. The smallest absolute Gasteiger partial charge is 0.180 e. The van der Waals surface area contributed by atoms with E-state index in [1.54, 1.807) is 0 Å². The maximum Gasteiger partial charge on any atom is 0.180 e. The summed E-state index contributed by atoms with van der Waals surface area (Å²) in [5.74, 6) is 0.779. The summed E-state index contributed by atoms with van der Waals surface area (Å²) in [7, 11) is 0. The third-order valence-corrected chi connectivity index (χ3v) is 5.09. The summed E-state index contributed by atoms with van der Waals surface area (Å²) in [5, 5.41) is 0. The molecule has 0 aromatic heterocycles. The first kappa shape index (κ1) is 17.6. The normalized spacial score (nSPS) is 17.2. The van der Waals surface area contributed by atoms with E-state index in [1.165, 1.54) is 0 Å². The Hall–Kier alpha value is -2.26. The van der Waals surface area contributed by atoms with Gasteiger partial charge in [0.2, 0.25) is 0 Å². The number of hydrogen-bond donors (Lipinski definition) is 0. The number of ketones is 2. The standard InChI is InChI=1S/C22H25NO2/c1-17-12-14-23(15-13-17)20(22(25)19-10-6-3-7-11-19)16-21(24)18-8-4-2-5-9-18/h2-11,17,20H,12-16H2,1H3/t20-/m1/s1. The van der Waals surface area contributed by atoms with Gasteiger partial charge in [-0.05, 0) is 31.8 Å². The molecule has 2 aromatic carbocycles. The van der Waals surface area contributed by atoms with Gasteiger partial charge in [0.25, 0.3) is 0 Å². The number of carbonyl (C=O) groups is 2. The Morgan fingerprint density at radius 1 is 0.920 bits per heavy atom. The van der Waals surface area contributed by atoms with E-state index in [1.807, 2.05) is 60.7 Å². The highest BCUT2D eigenvalue weighted by Gasteiger charge is 2.31. The van der Waals surface area contributed by atoms with Crippen LogP contribution in [0.1, 0.15) is 46.9 Å². The molecule has 3 rings (SSSR count). The fraction of sp³-hybridized carbons (Fsp3) is 0.364. The summed E-state index contributed by atoms with van der Waals surface area (Å²) in [4.78, 5) is 28.0. The van der Waals surface area contributed by atoms with E-state index in [9.17, 15) is 9.59 Å². The lowest BCUT2D eigenvalue weighted by Gasteiger charge is -2.35. The van der Waals surface area contributed by atoms with Gasteiger partial charge in [0.15, 0.2) is 11.6 Å². The molecule has 130 valence electrons. The van der Waals surface area contributed by atoms with Crippen LogP contribution < -0.4 is 0 Å². The molecule has 1 fully saturated rings. The third kappa shape index (κ3) is 4.43. The van der Waals surface area contributed by atoms with E-state index in [-0.39, 0.29) is 24.0 Å². The summed E-state index contributed by atoms with van der Waals surface area (Å²) in [6.07, 6.45) is 2.41. The van der Waals surface area contributed by atoms with E-state index >= 15 is 0 Å². The first-order valence-corrected chi connectivity index (χ1v) is 9.06. The van der Waals surface area contributed by atoms with Crippen LogP contribution >= 0.6 is 0 Å². The van der Waals surface area contributed by atoms with Gasteiger partial charge in [-0.25, -0.2) is 0 Å². The zero-order valence-electron chi connectivity index (χ0n) is 14.7. The molecule has 0 radical (unpaired) electrons. The van der Waals surface area contributed by atoms with Crippen molar-refractivity contribution >= 4 is 11.6 Å². The summed E-state index contributed by atoms with van der Waals surface area (Å²) >= 11 is 0. The number of carbonyl (C=O) groups excluding carboxylic acids is 2. The Balaban J connectivity index is 1.81. The van der Waals surface area contributed by atoms with E-state index in [0.29, 0.717) is 17.0 Å². The SMILES string of the molecule is CC1CCN([C@H](CC(=O)c2ccccc2)C(=O)c2ccccc2)CC1. The lowest BCUT2D eigenvalue weighted by atomic mass is 9.92. The van der Waals surface area contributed by atoms with Crippen molar-refractivity contribution in [1.29, 1.82) is 0 Å². The number of nitrogens with zero attached hydrogens (tertiary/aromatic N) is 1. The molecule has 0 bridgehead atoms. The predicted molar refractivity (Wildman–Crippen MR) is 99.9 cm³/mol. The molecule has 1 atom stereocenters. The van der Waals surface area contributed by atoms with Gasteiger partial charge in [-0.15, -0.1) is 0 Å². The molecule has 1 aliphatic rings. The van der Waals surface area contributed by atoms with E-state index in [4.69, 9.17) is 0 Å². The third-order valence-electron chi connectivity index (χ3n) is 5.09. The summed E-state index contributed by atoms with van der Waals surface area (Å²) in [5.41, 5.74) is 1.37. The van der Waals surface area contributed by atoms with Crippen molar-refractivity contribution in [2.45, 2.75) is 32.2 Å². The second-order valence-corrected chi connectivity index (χ2v) is 6.96. The summed E-state index contributed by atoms with van der Waals surface area (Å²) < 4.78 is 0. The Bertz CT molecular complexity index is 703. The van der Waals surface area contributed by atoms with Gasteiger partial charge in [0.05, 0.1) is 6.04 Å². The van der Waals surface area contributed by atoms with Crippen LogP contribution in [0, 0.1) is 5.92 Å². The topological polar surface area (TPSA) is 37.4 Å². The van der Waals surface area contributed by atoms with Gasteiger partial charge in [-0.1, -0.05) is 67.6 Å². The highest BCUT2D eigenvalue weighted by atomic mass is 16.1. The van der Waals surface area contributed by atoms with Gasteiger partial charge in [0, 0.05) is 17.5 Å². The van der Waals surface area contributed by atoms with Crippen LogP contribution in [0.5, 0.6) is 0 Å². The van der Waals surface area contributed by atoms with Crippen molar-refractivity contribution in [2.75, 3.05) is 13.1 Å². The molecule has 0 saturated carbocycles. The van der Waals surface area contributed by atoms with Crippen molar-refractivity contribution < 1.29 is 9.59 Å². The highest BCUT2D eigenvalue weighted by Crippen LogP contribution is 2.23. The molecule has 2 aromatic rings. The van der Waals surface area contributed by atoms with Crippen molar-refractivity contribution in [3.05, 3.63) is 71.8 Å². The van der Waals surface area contributed by atoms with Crippen LogP contribution in [-0.4, -0.2) is 35.6 Å². The largest absolute Gasteiger partial charge is 0.294 e. The number of likely N-dealkylation sites (tertiary alicyclic amines) is 1. The molecule has 1 heterocycles. The van der Waals surface area contributed by atoms with Crippen molar-refractivity contribution in [1.82, 2.24) is 4.90 Å². The number of benzene rings is 2. The Morgan fingerprint density at radius 3 is 2.00 bits per heavy atom. The first-order chi connectivity index (χ1) is 12.1. The minimum absolute atomic E-state index is 0.0357.